The van der Waals surface area contributed by atoms with E-state index in [9.17, 15) is 14.1 Å². The molecule has 3 N–H and O–H groups in total. The van der Waals surface area contributed by atoms with E-state index in [1.165, 1.54) is 31.4 Å². The zero-order valence-corrected chi connectivity index (χ0v) is 22.7. The molecule has 0 bridgehead atoms. The summed E-state index contributed by atoms with van der Waals surface area (Å²) in [5.74, 6) is -0.809. The number of benzene rings is 2. The molecule has 0 unspecified atom stereocenters. The predicted octanol–water partition coefficient (Wildman–Crippen LogP) is 5.18. The number of rotatable bonds is 9. The molecule has 15 heteroatoms. The number of morpholine rings is 1. The van der Waals surface area contributed by atoms with Gasteiger partial charge in [-0.2, -0.15) is 5.10 Å². The van der Waals surface area contributed by atoms with Crippen molar-refractivity contribution >= 4 is 46.5 Å². The van der Waals surface area contributed by atoms with E-state index < -0.39 is 28.8 Å². The van der Waals surface area contributed by atoms with Crippen LogP contribution in [-0.4, -0.2) is 59.5 Å². The summed E-state index contributed by atoms with van der Waals surface area (Å²) in [6.45, 7) is 4.04. The molecule has 0 atom stereocenters. The highest BCUT2D eigenvalue weighted by atomic mass is 32.2. The first kappa shape index (κ1) is 27.9. The highest BCUT2D eigenvalue weighted by molar-refractivity contribution is 7.99. The number of halogens is 2. The average molecular weight is 583 g/mol. The van der Waals surface area contributed by atoms with Crippen molar-refractivity contribution in [2.45, 2.75) is 17.0 Å². The summed E-state index contributed by atoms with van der Waals surface area (Å²) < 4.78 is 40.7. The maximum atomic E-state index is 15.2. The van der Waals surface area contributed by atoms with E-state index in [0.29, 0.717) is 49.5 Å². The minimum absolute atomic E-state index is 0.0848. The van der Waals surface area contributed by atoms with Gasteiger partial charge >= 0.3 is 0 Å². The molecule has 0 spiro atoms. The molecule has 1 aliphatic heterocycles. The van der Waals surface area contributed by atoms with Gasteiger partial charge in [-0.15, -0.1) is 4.91 Å². The standard InChI is InChI=1S/C26H24F2N8O4S/c1-14-12-20(34-33-14)30-23-22(39-2)24(36-8-10-40-11-9-36)32-26(31-23)41-19-7-6-15(13-17(19)27)29-25(37)16-4-3-5-18(35-38)21(16)28/h3-7,12-13H,8-11H2,1-2H3,(H,29,37)(H2,30,31,32,33,34). The number of nitroso groups, excluding NO2 is 1. The third-order valence-electron chi connectivity index (χ3n) is 6.01. The molecule has 3 heterocycles. The van der Waals surface area contributed by atoms with Gasteiger partial charge in [0, 0.05) is 30.5 Å². The van der Waals surface area contributed by atoms with E-state index in [1.807, 2.05) is 11.8 Å². The van der Waals surface area contributed by atoms with E-state index in [4.69, 9.17) is 9.47 Å². The Bertz CT molecular complexity index is 1600. The lowest BCUT2D eigenvalue weighted by Crippen LogP contribution is -2.37. The van der Waals surface area contributed by atoms with Gasteiger partial charge in [0.2, 0.25) is 5.75 Å². The number of carbonyl (C=O) groups is 1. The van der Waals surface area contributed by atoms with Gasteiger partial charge in [0.1, 0.15) is 11.5 Å². The molecule has 12 nitrogen and oxygen atoms in total. The van der Waals surface area contributed by atoms with E-state index >= 15 is 4.39 Å². The summed E-state index contributed by atoms with van der Waals surface area (Å²) >= 11 is 0.974. The summed E-state index contributed by atoms with van der Waals surface area (Å²) in [5, 5.41) is 15.4. The fourth-order valence-electron chi connectivity index (χ4n) is 4.05. The molecular weight excluding hydrogens is 558 g/mol. The normalized spacial score (nSPS) is 13.1. The third-order valence-corrected chi connectivity index (χ3v) is 6.92. The topological polar surface area (TPSA) is 147 Å². The minimum atomic E-state index is -1.06. The summed E-state index contributed by atoms with van der Waals surface area (Å²) in [4.78, 5) is 34.7. The van der Waals surface area contributed by atoms with Crippen LogP contribution >= 0.6 is 11.8 Å². The molecule has 0 saturated carbocycles. The van der Waals surface area contributed by atoms with E-state index in [-0.39, 0.29) is 15.7 Å². The molecule has 212 valence electrons. The predicted molar refractivity (Wildman–Crippen MR) is 149 cm³/mol. The van der Waals surface area contributed by atoms with Crippen LogP contribution in [0.3, 0.4) is 0 Å². The van der Waals surface area contributed by atoms with Crippen LogP contribution in [0, 0.1) is 23.5 Å². The van der Waals surface area contributed by atoms with Gasteiger partial charge in [-0.05, 0) is 54.2 Å². The van der Waals surface area contributed by atoms with Crippen LogP contribution in [0.15, 0.2) is 57.7 Å². The van der Waals surface area contributed by atoms with Gasteiger partial charge < -0.3 is 25.0 Å². The number of aryl methyl sites for hydroxylation is 1. The van der Waals surface area contributed by atoms with Crippen LogP contribution in [0.4, 0.5) is 37.6 Å². The number of aromatic nitrogens is 4. The van der Waals surface area contributed by atoms with Crippen LogP contribution < -0.4 is 20.3 Å². The Labute approximate surface area is 236 Å². The van der Waals surface area contributed by atoms with E-state index in [1.54, 1.807) is 6.07 Å². The number of amides is 1. The van der Waals surface area contributed by atoms with Crippen LogP contribution in [0.1, 0.15) is 16.1 Å². The first-order valence-electron chi connectivity index (χ1n) is 12.3. The largest absolute Gasteiger partial charge is 0.490 e. The molecular formula is C26H24F2N8O4S. The van der Waals surface area contributed by atoms with Crippen LogP contribution in [-0.2, 0) is 4.74 Å². The summed E-state index contributed by atoms with van der Waals surface area (Å²) in [6, 6.07) is 9.47. The Morgan fingerprint density at radius 1 is 1.17 bits per heavy atom. The second-order valence-corrected chi connectivity index (χ2v) is 9.81. The van der Waals surface area contributed by atoms with Crippen molar-refractivity contribution in [1.29, 1.82) is 0 Å². The molecule has 41 heavy (non-hydrogen) atoms. The number of methoxy groups -OCH3 is 1. The molecule has 1 amide bonds. The highest BCUT2D eigenvalue weighted by Gasteiger charge is 2.24. The van der Waals surface area contributed by atoms with Crippen molar-refractivity contribution < 1.29 is 23.0 Å². The van der Waals surface area contributed by atoms with Crippen LogP contribution in [0.25, 0.3) is 0 Å². The van der Waals surface area contributed by atoms with Crippen molar-refractivity contribution in [1.82, 2.24) is 20.2 Å². The van der Waals surface area contributed by atoms with Gasteiger partial charge in [0.05, 0.1) is 30.8 Å². The zero-order valence-electron chi connectivity index (χ0n) is 21.9. The van der Waals surface area contributed by atoms with Crippen LogP contribution in [0.5, 0.6) is 5.75 Å². The lowest BCUT2D eigenvalue weighted by molar-refractivity contribution is 0.102. The second kappa shape index (κ2) is 12.3. The Balaban J connectivity index is 1.42. The summed E-state index contributed by atoms with van der Waals surface area (Å²) in [7, 11) is 1.51. The highest BCUT2D eigenvalue weighted by Crippen LogP contribution is 2.39. The number of H-pyrrole nitrogens is 1. The van der Waals surface area contributed by atoms with Gasteiger partial charge in [-0.3, -0.25) is 9.89 Å². The van der Waals surface area contributed by atoms with Gasteiger partial charge in [-0.25, -0.2) is 18.7 Å². The van der Waals surface area contributed by atoms with Crippen molar-refractivity contribution in [3.63, 3.8) is 0 Å². The second-order valence-electron chi connectivity index (χ2n) is 8.80. The summed E-state index contributed by atoms with van der Waals surface area (Å²) in [6.07, 6.45) is 0. The lowest BCUT2D eigenvalue weighted by atomic mass is 10.1. The van der Waals surface area contributed by atoms with Gasteiger partial charge in [0.15, 0.2) is 28.4 Å². The molecule has 1 fully saturated rings. The molecule has 5 rings (SSSR count). The maximum Gasteiger partial charge on any atom is 0.258 e. The first-order valence-corrected chi connectivity index (χ1v) is 13.2. The van der Waals surface area contributed by atoms with Crippen molar-refractivity contribution in [2.75, 3.05) is 48.9 Å². The third kappa shape index (κ3) is 6.25. The van der Waals surface area contributed by atoms with Gasteiger partial charge in [-0.1, -0.05) is 6.07 Å². The fraction of sp³-hybridized carbons (Fsp3) is 0.231. The van der Waals surface area contributed by atoms with Crippen molar-refractivity contribution in [2.24, 2.45) is 5.18 Å². The number of nitrogens with one attached hydrogen (secondary N) is 3. The number of anilines is 4. The summed E-state index contributed by atoms with van der Waals surface area (Å²) in [5.41, 5.74) is 0.0356. The van der Waals surface area contributed by atoms with Crippen molar-refractivity contribution in [3.8, 4) is 5.75 Å². The Kier molecular flexibility index (Phi) is 8.35. The minimum Gasteiger partial charge on any atom is -0.490 e. The fourth-order valence-corrected chi connectivity index (χ4v) is 4.81. The smallest absolute Gasteiger partial charge is 0.258 e. The maximum absolute atomic E-state index is 15.2. The van der Waals surface area contributed by atoms with Crippen molar-refractivity contribution in [3.05, 3.63) is 70.3 Å². The zero-order chi connectivity index (χ0) is 28.9. The number of nitrogens with zero attached hydrogens (tertiary/aromatic N) is 5. The number of ether oxygens (including phenoxy) is 2. The number of aromatic amines is 1. The number of carbonyl (C=O) groups excluding carboxylic acids is 1. The molecule has 2 aromatic carbocycles. The molecule has 2 aromatic heterocycles. The Hall–Kier alpha value is -4.63. The van der Waals surface area contributed by atoms with E-state index in [2.05, 4.69) is 36.0 Å². The Morgan fingerprint density at radius 3 is 2.66 bits per heavy atom. The molecule has 0 aliphatic carbocycles. The molecule has 1 aliphatic rings. The monoisotopic (exact) mass is 582 g/mol. The molecule has 0 radical (unpaired) electrons. The lowest BCUT2D eigenvalue weighted by Gasteiger charge is -2.29. The van der Waals surface area contributed by atoms with Gasteiger partial charge in [0.25, 0.3) is 5.91 Å². The first-order chi connectivity index (χ1) is 19.9. The Morgan fingerprint density at radius 2 is 1.98 bits per heavy atom. The number of hydrogen-bond acceptors (Lipinski definition) is 11. The van der Waals surface area contributed by atoms with Crippen LogP contribution in [0.2, 0.25) is 0 Å². The van der Waals surface area contributed by atoms with E-state index in [0.717, 1.165) is 29.6 Å². The molecule has 4 aromatic rings. The SMILES string of the molecule is COc1c(Nc2cc(C)[nH]n2)nc(Sc2ccc(NC(=O)c3cccc(N=O)c3F)cc2F)nc1N1CCOCC1. The molecule has 1 saturated heterocycles. The number of hydrogen-bond donors (Lipinski definition) is 3. The average Bonchev–Trinajstić information content (AvgIpc) is 3.39. The quantitative estimate of drug-likeness (QED) is 0.178.